The van der Waals surface area contributed by atoms with Gasteiger partial charge < -0.3 is 10.1 Å². The van der Waals surface area contributed by atoms with Gasteiger partial charge in [-0.3, -0.25) is 4.79 Å². The van der Waals surface area contributed by atoms with Crippen molar-refractivity contribution in [1.29, 1.82) is 0 Å². The summed E-state index contributed by atoms with van der Waals surface area (Å²) in [4.78, 5) is 20.0. The Morgan fingerprint density at radius 1 is 1.42 bits per heavy atom. The number of rotatable bonds is 4. The Labute approximate surface area is 113 Å². The zero-order chi connectivity index (χ0) is 13.7. The van der Waals surface area contributed by atoms with Crippen LogP contribution in [0.15, 0.2) is 12.4 Å². The molecule has 0 spiro atoms. The van der Waals surface area contributed by atoms with E-state index in [1.54, 1.807) is 6.33 Å². The van der Waals surface area contributed by atoms with E-state index in [1.165, 1.54) is 13.5 Å². The molecular weight excluding hydrogens is 242 g/mol. The van der Waals surface area contributed by atoms with Gasteiger partial charge in [0.05, 0.1) is 13.0 Å². The molecular formula is C14H21N3O2. The Morgan fingerprint density at radius 3 is 2.95 bits per heavy atom. The molecule has 1 fully saturated rings. The Balaban J connectivity index is 1.94. The predicted octanol–water partition coefficient (Wildman–Crippen LogP) is 2.18. The van der Waals surface area contributed by atoms with Crippen LogP contribution in [0, 0.1) is 18.8 Å². The van der Waals surface area contributed by atoms with Crippen molar-refractivity contribution >= 4 is 11.8 Å². The molecule has 0 aromatic carbocycles. The standard InChI is InChI=1S/C14H21N3O2/c1-10-7-13(17-9-16-10)15-8-11-5-3-4-6-12(11)14(18)19-2/h7,9,11-12H,3-6,8H2,1-2H3,(H,15,16,17). The number of aromatic nitrogens is 2. The molecule has 0 amide bonds. The third-order valence-electron chi connectivity index (χ3n) is 3.76. The van der Waals surface area contributed by atoms with Crippen LogP contribution in [0.2, 0.25) is 0 Å². The number of carbonyl (C=O) groups excluding carboxylic acids is 1. The summed E-state index contributed by atoms with van der Waals surface area (Å²) in [5.41, 5.74) is 0.936. The van der Waals surface area contributed by atoms with Crippen LogP contribution in [0.5, 0.6) is 0 Å². The fourth-order valence-electron chi connectivity index (χ4n) is 2.70. The van der Waals surface area contributed by atoms with E-state index in [1.807, 2.05) is 13.0 Å². The maximum atomic E-state index is 11.8. The molecule has 5 heteroatoms. The van der Waals surface area contributed by atoms with Crippen LogP contribution in [-0.2, 0) is 9.53 Å². The van der Waals surface area contributed by atoms with Gasteiger partial charge >= 0.3 is 5.97 Å². The molecule has 0 radical (unpaired) electrons. The summed E-state index contributed by atoms with van der Waals surface area (Å²) in [6.45, 7) is 2.70. The van der Waals surface area contributed by atoms with E-state index in [0.717, 1.165) is 37.3 Å². The first-order valence-corrected chi connectivity index (χ1v) is 6.81. The van der Waals surface area contributed by atoms with E-state index in [0.29, 0.717) is 5.92 Å². The minimum absolute atomic E-state index is 0.0224. The second kappa shape index (κ2) is 6.50. The minimum atomic E-state index is -0.0784. The quantitative estimate of drug-likeness (QED) is 0.843. The van der Waals surface area contributed by atoms with E-state index < -0.39 is 0 Å². The van der Waals surface area contributed by atoms with Gasteiger partial charge in [-0.2, -0.15) is 0 Å². The number of nitrogens with one attached hydrogen (secondary N) is 1. The summed E-state index contributed by atoms with van der Waals surface area (Å²) in [6, 6.07) is 1.91. The summed E-state index contributed by atoms with van der Waals surface area (Å²) >= 11 is 0. The lowest BCUT2D eigenvalue weighted by atomic mass is 9.79. The Bertz CT molecular complexity index is 436. The number of carbonyl (C=O) groups is 1. The highest BCUT2D eigenvalue weighted by atomic mass is 16.5. The van der Waals surface area contributed by atoms with Gasteiger partial charge in [-0.1, -0.05) is 12.8 Å². The monoisotopic (exact) mass is 263 g/mol. The molecule has 2 atom stereocenters. The maximum absolute atomic E-state index is 11.8. The third-order valence-corrected chi connectivity index (χ3v) is 3.76. The van der Waals surface area contributed by atoms with Crippen LogP contribution in [0.4, 0.5) is 5.82 Å². The van der Waals surface area contributed by atoms with Crippen LogP contribution in [0.25, 0.3) is 0 Å². The highest BCUT2D eigenvalue weighted by Crippen LogP contribution is 2.31. The molecule has 19 heavy (non-hydrogen) atoms. The largest absolute Gasteiger partial charge is 0.469 e. The van der Waals surface area contributed by atoms with Crippen LogP contribution in [0.3, 0.4) is 0 Å². The predicted molar refractivity (Wildman–Crippen MR) is 72.7 cm³/mol. The first-order chi connectivity index (χ1) is 9.20. The van der Waals surface area contributed by atoms with Crippen molar-refractivity contribution in [2.45, 2.75) is 32.6 Å². The van der Waals surface area contributed by atoms with E-state index in [4.69, 9.17) is 4.74 Å². The first kappa shape index (κ1) is 13.8. The number of anilines is 1. The molecule has 5 nitrogen and oxygen atoms in total. The second-order valence-corrected chi connectivity index (χ2v) is 5.10. The van der Waals surface area contributed by atoms with Gasteiger partial charge in [0.2, 0.25) is 0 Å². The molecule has 0 bridgehead atoms. The number of esters is 1. The van der Waals surface area contributed by atoms with Gasteiger partial charge in [-0.05, 0) is 25.7 Å². The average molecular weight is 263 g/mol. The second-order valence-electron chi connectivity index (χ2n) is 5.10. The lowest BCUT2D eigenvalue weighted by Crippen LogP contribution is -2.32. The Hall–Kier alpha value is -1.65. The summed E-state index contributed by atoms with van der Waals surface area (Å²) in [5, 5.41) is 3.31. The Morgan fingerprint density at radius 2 is 2.21 bits per heavy atom. The number of hydrogen-bond donors (Lipinski definition) is 1. The lowest BCUT2D eigenvalue weighted by Gasteiger charge is -2.29. The molecule has 1 aromatic heterocycles. The number of methoxy groups -OCH3 is 1. The van der Waals surface area contributed by atoms with Gasteiger partial charge in [-0.15, -0.1) is 0 Å². The van der Waals surface area contributed by atoms with E-state index in [2.05, 4.69) is 15.3 Å². The third kappa shape index (κ3) is 3.66. The normalized spacial score (nSPS) is 22.8. The number of aryl methyl sites for hydroxylation is 1. The molecule has 104 valence electrons. The van der Waals surface area contributed by atoms with Crippen molar-refractivity contribution in [3.8, 4) is 0 Å². The van der Waals surface area contributed by atoms with Crippen molar-refractivity contribution in [2.24, 2.45) is 11.8 Å². The van der Waals surface area contributed by atoms with Crippen molar-refractivity contribution in [1.82, 2.24) is 9.97 Å². The van der Waals surface area contributed by atoms with E-state index in [9.17, 15) is 4.79 Å². The van der Waals surface area contributed by atoms with E-state index >= 15 is 0 Å². The number of hydrogen-bond acceptors (Lipinski definition) is 5. The Kier molecular flexibility index (Phi) is 4.71. The molecule has 1 aromatic rings. The van der Waals surface area contributed by atoms with Crippen molar-refractivity contribution in [3.63, 3.8) is 0 Å². The highest BCUT2D eigenvalue weighted by molar-refractivity contribution is 5.72. The van der Waals surface area contributed by atoms with Gasteiger partial charge in [0.1, 0.15) is 12.1 Å². The van der Waals surface area contributed by atoms with Crippen LogP contribution < -0.4 is 5.32 Å². The van der Waals surface area contributed by atoms with Gasteiger partial charge in [0.15, 0.2) is 0 Å². The zero-order valence-electron chi connectivity index (χ0n) is 11.6. The molecule has 1 heterocycles. The smallest absolute Gasteiger partial charge is 0.309 e. The lowest BCUT2D eigenvalue weighted by molar-refractivity contribution is -0.148. The summed E-state index contributed by atoms with van der Waals surface area (Å²) in [7, 11) is 1.47. The maximum Gasteiger partial charge on any atom is 0.309 e. The topological polar surface area (TPSA) is 64.1 Å². The summed E-state index contributed by atoms with van der Waals surface area (Å²) < 4.78 is 4.90. The molecule has 2 unspecified atom stereocenters. The molecule has 1 saturated carbocycles. The molecule has 0 saturated heterocycles. The average Bonchev–Trinajstić information content (AvgIpc) is 2.45. The van der Waals surface area contributed by atoms with Gasteiger partial charge in [0, 0.05) is 18.3 Å². The van der Waals surface area contributed by atoms with Crippen LogP contribution >= 0.6 is 0 Å². The molecule has 1 aliphatic rings. The van der Waals surface area contributed by atoms with Gasteiger partial charge in [0.25, 0.3) is 0 Å². The zero-order valence-corrected chi connectivity index (χ0v) is 11.6. The molecule has 2 rings (SSSR count). The van der Waals surface area contributed by atoms with E-state index in [-0.39, 0.29) is 11.9 Å². The summed E-state index contributed by atoms with van der Waals surface area (Å²) in [5.74, 6) is 1.10. The van der Waals surface area contributed by atoms with Crippen LogP contribution in [0.1, 0.15) is 31.4 Å². The number of ether oxygens (including phenoxy) is 1. The fraction of sp³-hybridized carbons (Fsp3) is 0.643. The van der Waals surface area contributed by atoms with Crippen molar-refractivity contribution < 1.29 is 9.53 Å². The SMILES string of the molecule is COC(=O)C1CCCCC1CNc1cc(C)ncn1. The van der Waals surface area contributed by atoms with Crippen molar-refractivity contribution in [3.05, 3.63) is 18.1 Å². The first-order valence-electron chi connectivity index (χ1n) is 6.81. The van der Waals surface area contributed by atoms with Gasteiger partial charge in [-0.25, -0.2) is 9.97 Å². The molecule has 0 aliphatic heterocycles. The summed E-state index contributed by atoms with van der Waals surface area (Å²) in [6.07, 6.45) is 5.85. The van der Waals surface area contributed by atoms with Crippen molar-refractivity contribution in [2.75, 3.05) is 19.0 Å². The minimum Gasteiger partial charge on any atom is -0.469 e. The number of nitrogens with zero attached hydrogens (tertiary/aromatic N) is 2. The highest BCUT2D eigenvalue weighted by Gasteiger charge is 2.31. The fourth-order valence-corrected chi connectivity index (χ4v) is 2.70. The molecule has 1 N–H and O–H groups in total. The molecule has 1 aliphatic carbocycles. The van der Waals surface area contributed by atoms with Crippen LogP contribution in [-0.4, -0.2) is 29.6 Å².